The Morgan fingerprint density at radius 2 is 0.783 bits per heavy atom. The van der Waals surface area contributed by atoms with Crippen molar-refractivity contribution in [3.05, 3.63) is 27.7 Å². The Morgan fingerprint density at radius 3 is 1.02 bits per heavy atom. The van der Waals surface area contributed by atoms with Crippen LogP contribution in [0.4, 0.5) is 0 Å². The van der Waals surface area contributed by atoms with Crippen LogP contribution in [0.15, 0.2) is 0 Å². The molecule has 0 saturated heterocycles. The van der Waals surface area contributed by atoms with E-state index in [9.17, 15) is 0 Å². The van der Waals surface area contributed by atoms with Crippen molar-refractivity contribution < 1.29 is 33.0 Å². The molecular weight excluding hydrogens is 710 g/mol. The van der Waals surface area contributed by atoms with E-state index in [2.05, 4.69) is 93.7 Å². The fraction of sp³-hybridized carbons (Fsp3) is 0.900. The van der Waals surface area contributed by atoms with Crippen LogP contribution in [-0.2, 0) is 33.0 Å². The van der Waals surface area contributed by atoms with Crippen molar-refractivity contribution in [1.82, 2.24) is 0 Å². The van der Waals surface area contributed by atoms with Gasteiger partial charge in [0.1, 0.15) is 0 Å². The summed E-state index contributed by atoms with van der Waals surface area (Å²) in [4.78, 5) is 0. The van der Waals surface area contributed by atoms with Crippen molar-refractivity contribution in [2.24, 2.45) is 0 Å². The topological polar surface area (TPSA) is 0 Å². The molecule has 0 amide bonds. The van der Waals surface area contributed by atoms with Gasteiger partial charge in [0.2, 0.25) is 0 Å². The van der Waals surface area contributed by atoms with Gasteiger partial charge in [-0.25, -0.2) is 0 Å². The summed E-state index contributed by atoms with van der Waals surface area (Å²) in [6.07, 6.45) is 26.4. The monoisotopic (exact) mass is 796 g/mol. The molecule has 3 unspecified atom stereocenters. The molecule has 0 nitrogen and oxygen atoms in total. The smallest absolute Gasteiger partial charge is 0.358 e. The van der Waals surface area contributed by atoms with Gasteiger partial charge in [0.25, 0.3) is 0 Å². The Kier molecular flexibility index (Phi) is 32.7. The molecule has 4 fully saturated rings. The fourth-order valence-electron chi connectivity index (χ4n) is 9.18. The first-order valence-electron chi connectivity index (χ1n) is 19.5. The predicted octanol–water partition coefficient (Wildman–Crippen LogP) is 15.9. The average molecular weight is 799 g/mol. The molecule has 4 rings (SSSR count). The van der Waals surface area contributed by atoms with Crippen molar-refractivity contribution >= 4 is 32.3 Å². The van der Waals surface area contributed by atoms with E-state index < -0.39 is 32.3 Å². The van der Waals surface area contributed by atoms with Crippen LogP contribution in [0.25, 0.3) is 0 Å². The maximum atomic E-state index is 2.73. The van der Waals surface area contributed by atoms with Gasteiger partial charge in [0.15, 0.2) is 0 Å². The average Bonchev–Trinajstić information content (AvgIpc) is 3.80. The van der Waals surface area contributed by atoms with Crippen molar-refractivity contribution in [2.75, 3.05) is 0 Å². The van der Waals surface area contributed by atoms with E-state index in [1.165, 1.54) is 119 Å². The summed E-state index contributed by atoms with van der Waals surface area (Å²) < 4.78 is 0. The first kappa shape index (κ1) is 54.6. The zero-order valence-electron chi connectivity index (χ0n) is 34.2. The largest absolute Gasteiger partial charge is 2.00 e. The molecule has 0 aromatic rings. The maximum absolute atomic E-state index is 2.73. The normalized spacial score (nSPS) is 23.1. The van der Waals surface area contributed by atoms with Gasteiger partial charge >= 0.3 is 33.0 Å². The SMILES string of the molecule is C1CCCC1.CC[Si](CC)(CC)C1CCCC1.CC[Si](CC)(CC)C1[CH-]CCC1.C[Si](C)(C)C1[CH-]C([Si](C)(C)C)CC1.[CH3-].[CH3-].[Ni+2].[Ni+2]. The van der Waals surface area contributed by atoms with Gasteiger partial charge in [0, 0.05) is 24.2 Å². The zero-order valence-corrected chi connectivity index (χ0v) is 40.2. The molecule has 0 aromatic heterocycles. The second kappa shape index (κ2) is 27.5. The molecule has 0 radical (unpaired) electrons. The van der Waals surface area contributed by atoms with Crippen LogP contribution < -0.4 is 0 Å². The van der Waals surface area contributed by atoms with Crippen LogP contribution in [0, 0.1) is 27.7 Å². The molecular formula is C40H88Ni2Si4. The van der Waals surface area contributed by atoms with Crippen LogP contribution in [-0.4, -0.2) is 32.3 Å². The summed E-state index contributed by atoms with van der Waals surface area (Å²) in [5.41, 5.74) is 4.27. The van der Waals surface area contributed by atoms with Gasteiger partial charge in [-0.2, -0.15) is 23.0 Å². The molecule has 0 N–H and O–H groups in total. The number of rotatable bonds is 10. The van der Waals surface area contributed by atoms with E-state index >= 15 is 0 Å². The van der Waals surface area contributed by atoms with E-state index in [4.69, 9.17) is 0 Å². The minimum atomic E-state index is -0.878. The second-order valence-electron chi connectivity index (χ2n) is 17.1. The molecule has 4 aliphatic carbocycles. The van der Waals surface area contributed by atoms with E-state index in [0.29, 0.717) is 0 Å². The molecule has 3 atom stereocenters. The first-order valence-corrected chi connectivity index (χ1v) is 32.0. The molecule has 46 heavy (non-hydrogen) atoms. The minimum Gasteiger partial charge on any atom is -0.358 e. The Hall–Kier alpha value is 1.85. The quantitative estimate of drug-likeness (QED) is 0.153. The molecule has 0 heterocycles. The van der Waals surface area contributed by atoms with E-state index in [1.807, 2.05) is 0 Å². The van der Waals surface area contributed by atoms with Gasteiger partial charge in [-0.05, 0) is 5.54 Å². The standard InChI is InChI=1S/C11H25Si2.C11H24Si.C11H23Si.C5H10.2CH3.2Ni/c1-12(2,3)10-7-8-11(9-10)13(4,5)6;2*1-4-12(5-2,6-3)11-9-7-8-10-11;1-2-4-5-3-1;;;;/h9-11H,7-8H2,1-6H3;11H,4-10H2,1-3H3;9,11H,4-8,10H2,1-3H3;1-5H2;2*1H3;;/q-1;;-1;;2*-1;2*+2. The Labute approximate surface area is 320 Å². The first-order chi connectivity index (χ1) is 19.8. The predicted molar refractivity (Wildman–Crippen MR) is 222 cm³/mol. The molecule has 4 saturated carbocycles. The zero-order chi connectivity index (χ0) is 31.9. The summed E-state index contributed by atoms with van der Waals surface area (Å²) in [7, 11) is -3.38. The van der Waals surface area contributed by atoms with Crippen LogP contribution in [0.2, 0.25) is 97.7 Å². The Balaban J connectivity index is -0.000000257. The molecule has 6 heteroatoms. The number of hydrogen-bond acceptors (Lipinski definition) is 0. The molecule has 0 aromatic carbocycles. The molecule has 0 bridgehead atoms. The minimum absolute atomic E-state index is 0. The van der Waals surface area contributed by atoms with Gasteiger partial charge in [-0.15, -0.1) is 0 Å². The summed E-state index contributed by atoms with van der Waals surface area (Å²) in [6, 6.07) is 9.10. The van der Waals surface area contributed by atoms with Crippen LogP contribution in [0.1, 0.15) is 131 Å². The second-order valence-corrected chi connectivity index (χ2v) is 39.3. The van der Waals surface area contributed by atoms with Crippen molar-refractivity contribution in [3.63, 3.8) is 0 Å². The van der Waals surface area contributed by atoms with Gasteiger partial charge < -0.3 is 27.7 Å². The third kappa shape index (κ3) is 17.9. The van der Waals surface area contributed by atoms with E-state index in [0.717, 1.165) is 16.6 Å². The van der Waals surface area contributed by atoms with Crippen molar-refractivity contribution in [3.8, 4) is 0 Å². The number of hydrogen-bond donors (Lipinski definition) is 0. The van der Waals surface area contributed by atoms with Crippen molar-refractivity contribution in [1.29, 1.82) is 0 Å². The Morgan fingerprint density at radius 1 is 0.435 bits per heavy atom. The molecule has 4 aliphatic rings. The van der Waals surface area contributed by atoms with Gasteiger partial charge in [0.05, 0.1) is 8.07 Å². The summed E-state index contributed by atoms with van der Waals surface area (Å²) in [6.45, 7) is 29.7. The van der Waals surface area contributed by atoms with Crippen LogP contribution >= 0.6 is 0 Å². The van der Waals surface area contributed by atoms with Gasteiger partial charge in [-0.1, -0.05) is 201 Å². The van der Waals surface area contributed by atoms with E-state index in [-0.39, 0.29) is 47.8 Å². The van der Waals surface area contributed by atoms with Crippen LogP contribution in [0.3, 0.4) is 0 Å². The van der Waals surface area contributed by atoms with Crippen LogP contribution in [0.5, 0.6) is 0 Å². The summed E-state index contributed by atoms with van der Waals surface area (Å²) >= 11 is 0. The van der Waals surface area contributed by atoms with E-state index in [1.54, 1.807) is 12.8 Å². The van der Waals surface area contributed by atoms with Gasteiger partial charge in [-0.3, -0.25) is 0 Å². The third-order valence-electron chi connectivity index (χ3n) is 13.1. The fourth-order valence-corrected chi connectivity index (χ4v) is 22.5. The summed E-state index contributed by atoms with van der Waals surface area (Å²) in [5.74, 6) is 0. The van der Waals surface area contributed by atoms with Crippen molar-refractivity contribution in [2.45, 2.75) is 229 Å². The third-order valence-corrected chi connectivity index (χ3v) is 31.4. The molecule has 0 spiro atoms. The Bertz CT molecular complexity index is 588. The molecule has 284 valence electrons. The maximum Gasteiger partial charge on any atom is 2.00 e. The summed E-state index contributed by atoms with van der Waals surface area (Å²) in [5, 5.41) is 0. The molecule has 0 aliphatic heterocycles.